The highest BCUT2D eigenvalue weighted by Gasteiger charge is 2.22. The van der Waals surface area contributed by atoms with E-state index in [9.17, 15) is 4.79 Å². The Morgan fingerprint density at radius 2 is 2.21 bits per heavy atom. The Labute approximate surface area is 146 Å². The summed E-state index contributed by atoms with van der Waals surface area (Å²) in [6.07, 6.45) is 4.43. The number of hydrogen-bond donors (Lipinski definition) is 2. The van der Waals surface area contributed by atoms with Gasteiger partial charge in [0.05, 0.1) is 6.54 Å². The number of aromatic nitrogens is 2. The molecule has 0 unspecified atom stereocenters. The molecule has 2 N–H and O–H groups in total. The van der Waals surface area contributed by atoms with Crippen LogP contribution < -0.4 is 15.5 Å². The van der Waals surface area contributed by atoms with E-state index in [0.29, 0.717) is 24.8 Å². The molecule has 7 heteroatoms. The zero-order chi connectivity index (χ0) is 16.8. The van der Waals surface area contributed by atoms with Crippen LogP contribution in [0.5, 0.6) is 0 Å². The first-order valence-corrected chi connectivity index (χ1v) is 9.17. The van der Waals surface area contributed by atoms with Gasteiger partial charge in [-0.05, 0) is 36.3 Å². The molecule has 128 valence electrons. The van der Waals surface area contributed by atoms with E-state index >= 15 is 0 Å². The van der Waals surface area contributed by atoms with Crippen molar-refractivity contribution < 1.29 is 4.79 Å². The number of rotatable bonds is 6. The minimum atomic E-state index is 0.154. The Hall–Kier alpha value is -2.15. The number of nitrogens with zero attached hydrogens (tertiary/aromatic N) is 3. The number of piperidine rings is 1. The number of carbonyl (C=O) groups is 1. The molecule has 1 amide bonds. The summed E-state index contributed by atoms with van der Waals surface area (Å²) in [4.78, 5) is 24.2. The predicted molar refractivity (Wildman–Crippen MR) is 97.3 cm³/mol. The summed E-state index contributed by atoms with van der Waals surface area (Å²) in [7, 11) is 1.82. The van der Waals surface area contributed by atoms with Gasteiger partial charge in [-0.1, -0.05) is 6.07 Å². The van der Waals surface area contributed by atoms with Crippen molar-refractivity contribution in [2.24, 2.45) is 5.92 Å². The minimum Gasteiger partial charge on any atom is -0.357 e. The van der Waals surface area contributed by atoms with Gasteiger partial charge in [0, 0.05) is 37.6 Å². The molecule has 1 aliphatic heterocycles. The third-order valence-electron chi connectivity index (χ3n) is 4.32. The van der Waals surface area contributed by atoms with Gasteiger partial charge >= 0.3 is 0 Å². The topological polar surface area (TPSA) is 70.2 Å². The van der Waals surface area contributed by atoms with Crippen LogP contribution in [0.4, 0.5) is 11.8 Å². The van der Waals surface area contributed by atoms with E-state index in [4.69, 9.17) is 0 Å². The molecule has 2 aromatic rings. The summed E-state index contributed by atoms with van der Waals surface area (Å²) in [5, 5.41) is 8.02. The van der Waals surface area contributed by atoms with E-state index in [0.717, 1.165) is 31.7 Å². The number of thiophene rings is 1. The van der Waals surface area contributed by atoms with Gasteiger partial charge in [-0.3, -0.25) is 4.79 Å². The highest BCUT2D eigenvalue weighted by Crippen LogP contribution is 2.24. The first-order chi connectivity index (χ1) is 11.7. The van der Waals surface area contributed by atoms with E-state index in [1.54, 1.807) is 17.5 Å². The zero-order valence-corrected chi connectivity index (χ0v) is 14.7. The number of nitrogens with one attached hydrogen (secondary N) is 2. The van der Waals surface area contributed by atoms with Crippen LogP contribution in [0.15, 0.2) is 29.8 Å². The van der Waals surface area contributed by atoms with Crippen molar-refractivity contribution in [1.82, 2.24) is 15.3 Å². The Balaban J connectivity index is 1.43. The Morgan fingerprint density at radius 3 is 2.92 bits per heavy atom. The van der Waals surface area contributed by atoms with E-state index in [2.05, 4.69) is 25.5 Å². The van der Waals surface area contributed by atoms with E-state index in [1.165, 1.54) is 4.88 Å². The fraction of sp³-hybridized carbons (Fsp3) is 0.471. The van der Waals surface area contributed by atoms with Crippen molar-refractivity contribution in [1.29, 1.82) is 0 Å². The van der Waals surface area contributed by atoms with Crippen LogP contribution in [0.2, 0.25) is 0 Å². The standard InChI is InChI=1S/C17H23N5OS/c1-18-17-19-7-4-15(21-17)22-8-5-13(6-9-22)11-16(23)20-12-14-3-2-10-24-14/h2-4,7,10,13H,5-6,8-9,11-12H2,1H3,(H,20,23)(H,18,19,21). The summed E-state index contributed by atoms with van der Waals surface area (Å²) in [6.45, 7) is 2.51. The molecule has 0 saturated carbocycles. The molecule has 0 aromatic carbocycles. The normalized spacial score (nSPS) is 15.3. The van der Waals surface area contributed by atoms with E-state index in [-0.39, 0.29) is 5.91 Å². The van der Waals surface area contributed by atoms with Gasteiger partial charge in [-0.2, -0.15) is 4.98 Å². The van der Waals surface area contributed by atoms with Gasteiger partial charge in [-0.15, -0.1) is 11.3 Å². The van der Waals surface area contributed by atoms with Crippen LogP contribution in [0.1, 0.15) is 24.1 Å². The SMILES string of the molecule is CNc1nccc(N2CCC(CC(=O)NCc3cccs3)CC2)n1. The summed E-state index contributed by atoms with van der Waals surface area (Å²) < 4.78 is 0. The van der Waals surface area contributed by atoms with Crippen LogP contribution >= 0.6 is 11.3 Å². The second-order valence-electron chi connectivity index (χ2n) is 5.98. The van der Waals surface area contributed by atoms with Crippen molar-refractivity contribution in [2.75, 3.05) is 30.4 Å². The average molecular weight is 345 g/mol. The Kier molecular flexibility index (Phi) is 5.63. The van der Waals surface area contributed by atoms with Crippen LogP contribution in [0.25, 0.3) is 0 Å². The van der Waals surface area contributed by atoms with Crippen molar-refractivity contribution in [3.05, 3.63) is 34.7 Å². The first kappa shape index (κ1) is 16.7. The molecule has 3 heterocycles. The number of carbonyl (C=O) groups excluding carboxylic acids is 1. The third-order valence-corrected chi connectivity index (χ3v) is 5.19. The lowest BCUT2D eigenvalue weighted by atomic mass is 9.93. The van der Waals surface area contributed by atoms with E-state index < -0.39 is 0 Å². The van der Waals surface area contributed by atoms with Crippen LogP contribution in [-0.4, -0.2) is 36.0 Å². The molecule has 1 aliphatic rings. The fourth-order valence-electron chi connectivity index (χ4n) is 2.95. The van der Waals surface area contributed by atoms with Crippen LogP contribution in [-0.2, 0) is 11.3 Å². The molecule has 2 aromatic heterocycles. The quantitative estimate of drug-likeness (QED) is 0.842. The smallest absolute Gasteiger partial charge is 0.224 e. The Morgan fingerprint density at radius 1 is 1.38 bits per heavy atom. The molecule has 1 saturated heterocycles. The lowest BCUT2D eigenvalue weighted by Gasteiger charge is -2.32. The van der Waals surface area contributed by atoms with Crippen LogP contribution in [0, 0.1) is 5.92 Å². The van der Waals surface area contributed by atoms with Gasteiger partial charge in [0.2, 0.25) is 11.9 Å². The van der Waals surface area contributed by atoms with Gasteiger partial charge in [0.25, 0.3) is 0 Å². The summed E-state index contributed by atoms with van der Waals surface area (Å²) in [5.74, 6) is 2.20. The zero-order valence-electron chi connectivity index (χ0n) is 13.9. The number of amides is 1. The van der Waals surface area contributed by atoms with E-state index in [1.807, 2.05) is 30.6 Å². The largest absolute Gasteiger partial charge is 0.357 e. The lowest BCUT2D eigenvalue weighted by molar-refractivity contribution is -0.122. The number of hydrogen-bond acceptors (Lipinski definition) is 6. The first-order valence-electron chi connectivity index (χ1n) is 8.29. The predicted octanol–water partition coefficient (Wildman–Crippen LogP) is 2.50. The van der Waals surface area contributed by atoms with Gasteiger partial charge in [0.15, 0.2) is 0 Å². The second-order valence-corrected chi connectivity index (χ2v) is 7.01. The highest BCUT2D eigenvalue weighted by molar-refractivity contribution is 7.09. The highest BCUT2D eigenvalue weighted by atomic mass is 32.1. The molecule has 0 atom stereocenters. The summed E-state index contributed by atoms with van der Waals surface area (Å²) >= 11 is 1.67. The Bertz CT molecular complexity index is 653. The van der Waals surface area contributed by atoms with Gasteiger partial charge in [0.1, 0.15) is 5.82 Å². The summed E-state index contributed by atoms with van der Waals surface area (Å²) in [5.41, 5.74) is 0. The molecule has 3 rings (SSSR count). The monoisotopic (exact) mass is 345 g/mol. The van der Waals surface area contributed by atoms with Gasteiger partial charge in [-0.25, -0.2) is 4.98 Å². The second kappa shape index (κ2) is 8.10. The lowest BCUT2D eigenvalue weighted by Crippen LogP contribution is -2.36. The van der Waals surface area contributed by atoms with Gasteiger partial charge < -0.3 is 15.5 Å². The molecular formula is C17H23N5OS. The van der Waals surface area contributed by atoms with Crippen LogP contribution in [0.3, 0.4) is 0 Å². The van der Waals surface area contributed by atoms with Crippen molar-refractivity contribution in [3.63, 3.8) is 0 Å². The molecule has 0 aliphatic carbocycles. The van der Waals surface area contributed by atoms with Crippen molar-refractivity contribution in [2.45, 2.75) is 25.8 Å². The molecule has 0 bridgehead atoms. The molecule has 0 spiro atoms. The maximum atomic E-state index is 12.1. The van der Waals surface area contributed by atoms with Crippen molar-refractivity contribution >= 4 is 29.0 Å². The molecule has 1 fully saturated rings. The minimum absolute atomic E-state index is 0.154. The molecule has 6 nitrogen and oxygen atoms in total. The molecular weight excluding hydrogens is 322 g/mol. The third kappa shape index (κ3) is 4.44. The van der Waals surface area contributed by atoms with Crippen molar-refractivity contribution in [3.8, 4) is 0 Å². The fourth-order valence-corrected chi connectivity index (χ4v) is 3.59. The average Bonchev–Trinajstić information content (AvgIpc) is 3.14. The number of anilines is 2. The molecule has 24 heavy (non-hydrogen) atoms. The maximum absolute atomic E-state index is 12.1. The maximum Gasteiger partial charge on any atom is 0.224 e. The summed E-state index contributed by atoms with van der Waals surface area (Å²) in [6, 6.07) is 5.99. The molecule has 0 radical (unpaired) electrons.